The minimum Gasteiger partial charge on any atom is -0.445 e. The number of carbonyl (C=O) groups is 1. The molecular weight excluding hydrogens is 382 g/mol. The van der Waals surface area contributed by atoms with Gasteiger partial charge in [-0.3, -0.25) is 0 Å². The molecule has 3 rings (SSSR count). The Bertz CT molecular complexity index is 872. The number of nitrogens with zero attached hydrogens (tertiary/aromatic N) is 1. The highest BCUT2D eigenvalue weighted by Gasteiger charge is 2.24. The summed E-state index contributed by atoms with van der Waals surface area (Å²) in [5.74, 6) is 0.440. The molecular formula is C23H27N3O4. The monoisotopic (exact) mass is 409 g/mol. The number of carbonyl (C=O) groups excluding carboxylic acids is 1. The van der Waals surface area contributed by atoms with Gasteiger partial charge >= 0.3 is 6.09 Å². The van der Waals surface area contributed by atoms with Gasteiger partial charge in [-0.2, -0.15) is 0 Å². The van der Waals surface area contributed by atoms with Gasteiger partial charge in [-0.15, -0.1) is 0 Å². The van der Waals surface area contributed by atoms with Gasteiger partial charge in [0.05, 0.1) is 18.3 Å². The van der Waals surface area contributed by atoms with Crippen LogP contribution in [0.5, 0.6) is 0 Å². The average Bonchev–Trinajstić information content (AvgIpc) is 3.27. The lowest BCUT2D eigenvalue weighted by molar-refractivity contribution is 0.0895. The third-order valence-corrected chi connectivity index (χ3v) is 4.78. The third kappa shape index (κ3) is 7.02. The van der Waals surface area contributed by atoms with E-state index in [2.05, 4.69) is 10.3 Å². The van der Waals surface area contributed by atoms with Gasteiger partial charge in [-0.25, -0.2) is 9.78 Å². The van der Waals surface area contributed by atoms with Crippen LogP contribution >= 0.6 is 0 Å². The zero-order chi connectivity index (χ0) is 21.2. The van der Waals surface area contributed by atoms with E-state index < -0.39 is 18.2 Å². The maximum absolute atomic E-state index is 12.3. The Balaban J connectivity index is 1.59. The molecule has 7 nitrogen and oxygen atoms in total. The number of aromatic nitrogens is 1. The molecule has 1 heterocycles. The van der Waals surface area contributed by atoms with E-state index >= 15 is 0 Å². The quantitative estimate of drug-likeness (QED) is 0.475. The van der Waals surface area contributed by atoms with Crippen molar-refractivity contribution in [1.29, 1.82) is 0 Å². The van der Waals surface area contributed by atoms with Crippen molar-refractivity contribution in [2.24, 2.45) is 5.73 Å². The van der Waals surface area contributed by atoms with Crippen molar-refractivity contribution < 1.29 is 19.1 Å². The van der Waals surface area contributed by atoms with Crippen LogP contribution in [0.15, 0.2) is 77.7 Å². The number of benzene rings is 2. The predicted octanol–water partition coefficient (Wildman–Crippen LogP) is 2.83. The van der Waals surface area contributed by atoms with Gasteiger partial charge < -0.3 is 25.3 Å². The average molecular weight is 409 g/mol. The van der Waals surface area contributed by atoms with Crippen LogP contribution in [0.4, 0.5) is 4.79 Å². The van der Waals surface area contributed by atoms with E-state index in [0.717, 1.165) is 11.1 Å². The summed E-state index contributed by atoms with van der Waals surface area (Å²) in [4.78, 5) is 16.1. The van der Waals surface area contributed by atoms with E-state index in [1.54, 1.807) is 0 Å². The van der Waals surface area contributed by atoms with Crippen LogP contribution in [-0.2, 0) is 24.2 Å². The lowest BCUT2D eigenvalue weighted by Crippen LogP contribution is -2.47. The van der Waals surface area contributed by atoms with Crippen LogP contribution in [0.3, 0.4) is 0 Å². The first kappa shape index (κ1) is 21.5. The van der Waals surface area contributed by atoms with Crippen molar-refractivity contribution >= 4 is 6.09 Å². The molecule has 0 aliphatic heterocycles. The number of oxazole rings is 1. The number of nitrogens with two attached hydrogens (primary N) is 1. The molecule has 158 valence electrons. The SMILES string of the molecule is N[C@@H](Cc1ccccc1)C[C@H](O)[C@H](Cc1ccccc1)NC(=O)OCc1cnco1. The normalized spacial score (nSPS) is 13.9. The predicted molar refractivity (Wildman–Crippen MR) is 113 cm³/mol. The Morgan fingerprint density at radius 3 is 2.30 bits per heavy atom. The number of hydrogen-bond acceptors (Lipinski definition) is 6. The minimum atomic E-state index is -0.832. The van der Waals surface area contributed by atoms with Crippen molar-refractivity contribution in [2.75, 3.05) is 0 Å². The van der Waals surface area contributed by atoms with Crippen LogP contribution in [0.1, 0.15) is 23.3 Å². The topological polar surface area (TPSA) is 111 Å². The van der Waals surface area contributed by atoms with Gasteiger partial charge in [0.25, 0.3) is 0 Å². The molecule has 0 aliphatic carbocycles. The lowest BCUT2D eigenvalue weighted by atomic mass is 9.94. The fraction of sp³-hybridized carbons (Fsp3) is 0.304. The first-order chi connectivity index (χ1) is 14.6. The summed E-state index contributed by atoms with van der Waals surface area (Å²) in [5, 5.41) is 13.6. The first-order valence-electron chi connectivity index (χ1n) is 9.92. The van der Waals surface area contributed by atoms with Gasteiger partial charge in [-0.05, 0) is 30.4 Å². The fourth-order valence-electron chi connectivity index (χ4n) is 3.27. The minimum absolute atomic E-state index is 0.0342. The standard InChI is InChI=1S/C23H27N3O4/c24-19(11-17-7-3-1-4-8-17)13-22(27)21(12-18-9-5-2-6-10-18)26-23(28)29-15-20-14-25-16-30-20/h1-10,14,16,19,21-22,27H,11-13,15,24H2,(H,26,28)/t19-,21-,22-/m0/s1. The maximum Gasteiger partial charge on any atom is 0.407 e. The fourth-order valence-corrected chi connectivity index (χ4v) is 3.27. The molecule has 0 aliphatic rings. The van der Waals surface area contributed by atoms with Crippen LogP contribution in [0, 0.1) is 0 Å². The number of hydrogen-bond donors (Lipinski definition) is 3. The van der Waals surface area contributed by atoms with Crippen LogP contribution in [-0.4, -0.2) is 34.4 Å². The molecule has 7 heteroatoms. The van der Waals surface area contributed by atoms with E-state index in [0.29, 0.717) is 25.0 Å². The van der Waals surface area contributed by atoms with Crippen molar-refractivity contribution in [2.45, 2.75) is 44.1 Å². The summed E-state index contributed by atoms with van der Waals surface area (Å²) in [5.41, 5.74) is 8.37. The second kappa shape index (κ2) is 11.1. The van der Waals surface area contributed by atoms with Crippen molar-refractivity contribution in [3.63, 3.8) is 0 Å². The molecule has 0 spiro atoms. The Morgan fingerprint density at radius 2 is 1.70 bits per heavy atom. The molecule has 2 aromatic carbocycles. The second-order valence-corrected chi connectivity index (χ2v) is 7.24. The van der Waals surface area contributed by atoms with E-state index in [1.165, 1.54) is 12.6 Å². The smallest absolute Gasteiger partial charge is 0.407 e. The summed E-state index contributed by atoms with van der Waals surface area (Å²) < 4.78 is 10.2. The molecule has 0 unspecified atom stereocenters. The Hall–Kier alpha value is -3.16. The number of nitrogens with one attached hydrogen (secondary N) is 1. The summed E-state index contributed by atoms with van der Waals surface area (Å²) in [6, 6.07) is 18.8. The summed E-state index contributed by atoms with van der Waals surface area (Å²) in [6.07, 6.45) is 2.72. The lowest BCUT2D eigenvalue weighted by Gasteiger charge is -2.26. The molecule has 0 bridgehead atoms. The Morgan fingerprint density at radius 1 is 1.07 bits per heavy atom. The summed E-state index contributed by atoms with van der Waals surface area (Å²) in [6.45, 7) is -0.0342. The van der Waals surface area contributed by atoms with E-state index in [4.69, 9.17) is 14.9 Å². The van der Waals surface area contributed by atoms with E-state index in [1.807, 2.05) is 60.7 Å². The number of rotatable bonds is 10. The van der Waals surface area contributed by atoms with Gasteiger partial charge in [0, 0.05) is 6.04 Å². The number of aliphatic hydroxyl groups excluding tert-OH is 1. The highest BCUT2D eigenvalue weighted by molar-refractivity contribution is 5.67. The maximum atomic E-state index is 12.3. The highest BCUT2D eigenvalue weighted by atomic mass is 16.6. The van der Waals surface area contributed by atoms with Crippen LogP contribution < -0.4 is 11.1 Å². The largest absolute Gasteiger partial charge is 0.445 e. The third-order valence-electron chi connectivity index (χ3n) is 4.78. The first-order valence-corrected chi connectivity index (χ1v) is 9.92. The second-order valence-electron chi connectivity index (χ2n) is 7.24. The van der Waals surface area contributed by atoms with Crippen molar-refractivity contribution in [1.82, 2.24) is 10.3 Å². The Labute approximate surface area is 175 Å². The van der Waals surface area contributed by atoms with Crippen LogP contribution in [0.2, 0.25) is 0 Å². The molecule has 3 aromatic rings. The molecule has 3 atom stereocenters. The molecule has 0 radical (unpaired) electrons. The number of aliphatic hydroxyl groups is 1. The zero-order valence-electron chi connectivity index (χ0n) is 16.7. The van der Waals surface area contributed by atoms with Gasteiger partial charge in [-0.1, -0.05) is 60.7 Å². The Kier molecular flexibility index (Phi) is 8.00. The zero-order valence-corrected chi connectivity index (χ0v) is 16.7. The summed E-state index contributed by atoms with van der Waals surface area (Å²) >= 11 is 0. The molecule has 1 amide bonds. The molecule has 0 saturated carbocycles. The van der Waals surface area contributed by atoms with Gasteiger partial charge in [0.1, 0.15) is 0 Å². The van der Waals surface area contributed by atoms with Gasteiger partial charge in [0.2, 0.25) is 0 Å². The molecule has 30 heavy (non-hydrogen) atoms. The van der Waals surface area contributed by atoms with E-state index in [-0.39, 0.29) is 12.6 Å². The highest BCUT2D eigenvalue weighted by Crippen LogP contribution is 2.13. The molecule has 0 saturated heterocycles. The molecule has 4 N–H and O–H groups in total. The van der Waals surface area contributed by atoms with Gasteiger partial charge in [0.15, 0.2) is 18.8 Å². The molecule has 1 aromatic heterocycles. The van der Waals surface area contributed by atoms with Crippen molar-refractivity contribution in [3.8, 4) is 0 Å². The summed E-state index contributed by atoms with van der Waals surface area (Å²) in [7, 11) is 0. The van der Waals surface area contributed by atoms with E-state index in [9.17, 15) is 9.90 Å². The number of amides is 1. The van der Waals surface area contributed by atoms with Crippen molar-refractivity contribution in [3.05, 3.63) is 90.1 Å². The number of alkyl carbamates (subject to hydrolysis) is 1. The number of ether oxygens (including phenoxy) is 1. The van der Waals surface area contributed by atoms with Crippen LogP contribution in [0.25, 0.3) is 0 Å². The molecule has 0 fully saturated rings.